The average Bonchev–Trinajstić information content (AvgIpc) is 3.30. The van der Waals surface area contributed by atoms with E-state index in [9.17, 15) is 4.39 Å². The monoisotopic (exact) mass is 351 g/mol. The number of aromatic nitrogens is 3. The van der Waals surface area contributed by atoms with Gasteiger partial charge in [-0.2, -0.15) is 0 Å². The number of nitrogens with zero attached hydrogens (tertiary/aromatic N) is 2. The van der Waals surface area contributed by atoms with Crippen molar-refractivity contribution in [3.63, 3.8) is 0 Å². The second kappa shape index (κ2) is 6.57. The Bertz CT molecular complexity index is 974. The molecule has 2 aromatic heterocycles. The summed E-state index contributed by atoms with van der Waals surface area (Å²) >= 11 is 6.40. The molecule has 4 rings (SSSR count). The molecule has 0 aliphatic carbocycles. The Morgan fingerprint density at radius 2 is 1.80 bits per heavy atom. The molecule has 4 aromatic rings. The fourth-order valence-corrected chi connectivity index (χ4v) is 3.33. The topological polar surface area (TPSA) is 33.6 Å². The van der Waals surface area contributed by atoms with Crippen LogP contribution in [0.15, 0.2) is 79.6 Å². The number of rotatable bonds is 4. The van der Waals surface area contributed by atoms with Gasteiger partial charge in [-0.3, -0.25) is 0 Å². The van der Waals surface area contributed by atoms with E-state index in [0.717, 1.165) is 22.3 Å². The van der Waals surface area contributed by atoms with Crippen molar-refractivity contribution in [2.45, 2.75) is 6.04 Å². The summed E-state index contributed by atoms with van der Waals surface area (Å²) in [6, 6.07) is 14.1. The maximum atomic E-state index is 13.4. The van der Waals surface area contributed by atoms with Gasteiger partial charge in [0.05, 0.1) is 12.4 Å². The number of H-pyrrole nitrogens is 1. The molecule has 5 heteroatoms. The summed E-state index contributed by atoms with van der Waals surface area (Å²) in [6.45, 7) is 0. The molecule has 1 N–H and O–H groups in total. The van der Waals surface area contributed by atoms with E-state index in [-0.39, 0.29) is 11.9 Å². The number of aromatic amines is 1. The van der Waals surface area contributed by atoms with Gasteiger partial charge in [-0.1, -0.05) is 41.9 Å². The zero-order valence-electron chi connectivity index (χ0n) is 13.2. The summed E-state index contributed by atoms with van der Waals surface area (Å²) in [7, 11) is 0. The lowest BCUT2D eigenvalue weighted by atomic mass is 9.94. The Kier molecular flexibility index (Phi) is 4.12. The van der Waals surface area contributed by atoms with Gasteiger partial charge < -0.3 is 9.55 Å². The summed E-state index contributed by atoms with van der Waals surface area (Å²) in [6.07, 6.45) is 9.28. The zero-order chi connectivity index (χ0) is 17.2. The summed E-state index contributed by atoms with van der Waals surface area (Å²) < 4.78 is 15.4. The Morgan fingerprint density at radius 1 is 1.00 bits per heavy atom. The first kappa shape index (κ1) is 15.7. The lowest BCUT2D eigenvalue weighted by Gasteiger charge is -2.20. The van der Waals surface area contributed by atoms with Gasteiger partial charge in [0.2, 0.25) is 0 Å². The Labute approximate surface area is 149 Å². The molecule has 2 aromatic carbocycles. The van der Waals surface area contributed by atoms with Crippen molar-refractivity contribution < 1.29 is 4.39 Å². The first-order chi connectivity index (χ1) is 12.2. The molecule has 0 aliphatic rings. The molecule has 0 saturated heterocycles. The standard InChI is InChI=1S/C20H15ClFN3/c21-19-4-2-1-3-16(19)17-11-24-12-18(17)20(25-10-9-23-13-25)14-5-7-15(22)8-6-14/h1-13,20,24H/t20-/m1/s1. The lowest BCUT2D eigenvalue weighted by Crippen LogP contribution is -2.11. The molecule has 0 radical (unpaired) electrons. The molecule has 1 atom stereocenters. The number of benzene rings is 2. The van der Waals surface area contributed by atoms with Crippen LogP contribution in [-0.2, 0) is 0 Å². The maximum absolute atomic E-state index is 13.4. The third-order valence-corrected chi connectivity index (χ3v) is 4.57. The van der Waals surface area contributed by atoms with Crippen LogP contribution < -0.4 is 0 Å². The van der Waals surface area contributed by atoms with Crippen molar-refractivity contribution in [3.8, 4) is 11.1 Å². The normalized spacial score (nSPS) is 12.2. The molecule has 0 unspecified atom stereocenters. The summed E-state index contributed by atoms with van der Waals surface area (Å²) in [4.78, 5) is 7.35. The van der Waals surface area contributed by atoms with Crippen molar-refractivity contribution in [1.29, 1.82) is 0 Å². The molecule has 0 bridgehead atoms. The summed E-state index contributed by atoms with van der Waals surface area (Å²) in [5.41, 5.74) is 3.96. The molecule has 0 amide bonds. The molecule has 124 valence electrons. The molecular weight excluding hydrogens is 337 g/mol. The van der Waals surface area contributed by atoms with Gasteiger partial charge in [-0.05, 0) is 23.8 Å². The summed E-state index contributed by atoms with van der Waals surface area (Å²) in [5, 5.41) is 0.687. The highest BCUT2D eigenvalue weighted by molar-refractivity contribution is 6.33. The average molecular weight is 352 g/mol. The van der Waals surface area contributed by atoms with Gasteiger partial charge in [0.1, 0.15) is 5.82 Å². The minimum atomic E-state index is -0.256. The van der Waals surface area contributed by atoms with Crippen LogP contribution in [0, 0.1) is 5.82 Å². The minimum Gasteiger partial charge on any atom is -0.367 e. The first-order valence-electron chi connectivity index (χ1n) is 7.88. The summed E-state index contributed by atoms with van der Waals surface area (Å²) in [5.74, 6) is -0.256. The molecular formula is C20H15ClFN3. The van der Waals surface area contributed by atoms with Gasteiger partial charge in [0.15, 0.2) is 0 Å². The molecule has 3 nitrogen and oxygen atoms in total. The zero-order valence-corrected chi connectivity index (χ0v) is 14.0. The molecule has 2 heterocycles. The highest BCUT2D eigenvalue weighted by Crippen LogP contribution is 2.37. The number of imidazole rings is 1. The fourth-order valence-electron chi connectivity index (χ4n) is 3.09. The van der Waals surface area contributed by atoms with Crippen molar-refractivity contribution in [3.05, 3.63) is 102 Å². The van der Waals surface area contributed by atoms with Crippen LogP contribution in [0.2, 0.25) is 5.02 Å². The van der Waals surface area contributed by atoms with Crippen LogP contribution in [0.1, 0.15) is 17.2 Å². The van der Waals surface area contributed by atoms with Crippen molar-refractivity contribution >= 4 is 11.6 Å². The number of nitrogens with one attached hydrogen (secondary N) is 1. The number of hydrogen-bond acceptors (Lipinski definition) is 1. The van der Waals surface area contributed by atoms with Crippen LogP contribution in [0.5, 0.6) is 0 Å². The van der Waals surface area contributed by atoms with E-state index in [0.29, 0.717) is 5.02 Å². The Hall–Kier alpha value is -2.85. The quantitative estimate of drug-likeness (QED) is 0.531. The largest absolute Gasteiger partial charge is 0.367 e. The second-order valence-electron chi connectivity index (χ2n) is 5.77. The predicted molar refractivity (Wildman–Crippen MR) is 97.1 cm³/mol. The van der Waals surface area contributed by atoms with E-state index < -0.39 is 0 Å². The van der Waals surface area contributed by atoms with Gasteiger partial charge in [0.25, 0.3) is 0 Å². The van der Waals surface area contributed by atoms with Crippen LogP contribution in [-0.4, -0.2) is 14.5 Å². The maximum Gasteiger partial charge on any atom is 0.123 e. The van der Waals surface area contributed by atoms with E-state index >= 15 is 0 Å². The first-order valence-corrected chi connectivity index (χ1v) is 8.26. The lowest BCUT2D eigenvalue weighted by molar-refractivity contribution is 0.622. The highest BCUT2D eigenvalue weighted by atomic mass is 35.5. The van der Waals surface area contributed by atoms with Crippen molar-refractivity contribution in [1.82, 2.24) is 14.5 Å². The Morgan fingerprint density at radius 3 is 2.52 bits per heavy atom. The van der Waals surface area contributed by atoms with Crippen molar-refractivity contribution in [2.24, 2.45) is 0 Å². The number of halogens is 2. The van der Waals surface area contributed by atoms with Gasteiger partial charge in [-0.15, -0.1) is 0 Å². The third-order valence-electron chi connectivity index (χ3n) is 4.24. The predicted octanol–water partition coefficient (Wildman–Crippen LogP) is 5.31. The van der Waals surface area contributed by atoms with E-state index in [4.69, 9.17) is 11.6 Å². The molecule has 0 aliphatic heterocycles. The smallest absolute Gasteiger partial charge is 0.123 e. The highest BCUT2D eigenvalue weighted by Gasteiger charge is 2.21. The molecule has 0 fully saturated rings. The van der Waals surface area contributed by atoms with E-state index in [1.807, 2.05) is 47.4 Å². The minimum absolute atomic E-state index is 0.138. The van der Waals surface area contributed by atoms with Gasteiger partial charge in [0, 0.05) is 46.5 Å². The SMILES string of the molecule is Fc1ccc([C@H](c2c[nH]cc2-c2ccccc2Cl)n2ccnc2)cc1. The molecule has 25 heavy (non-hydrogen) atoms. The van der Waals surface area contributed by atoms with E-state index in [2.05, 4.69) is 9.97 Å². The molecule has 0 saturated carbocycles. The van der Waals surface area contributed by atoms with Gasteiger partial charge >= 0.3 is 0 Å². The number of hydrogen-bond donors (Lipinski definition) is 1. The van der Waals surface area contributed by atoms with E-state index in [1.165, 1.54) is 12.1 Å². The van der Waals surface area contributed by atoms with E-state index in [1.54, 1.807) is 24.7 Å². The second-order valence-corrected chi connectivity index (χ2v) is 6.18. The Balaban J connectivity index is 1.89. The van der Waals surface area contributed by atoms with Crippen LogP contribution >= 0.6 is 11.6 Å². The third kappa shape index (κ3) is 2.96. The van der Waals surface area contributed by atoms with Crippen LogP contribution in [0.3, 0.4) is 0 Å². The van der Waals surface area contributed by atoms with Crippen molar-refractivity contribution in [2.75, 3.05) is 0 Å². The van der Waals surface area contributed by atoms with Crippen LogP contribution in [0.25, 0.3) is 11.1 Å². The molecule has 0 spiro atoms. The fraction of sp³-hybridized carbons (Fsp3) is 0.0500. The van der Waals surface area contributed by atoms with Crippen LogP contribution in [0.4, 0.5) is 4.39 Å². The van der Waals surface area contributed by atoms with Gasteiger partial charge in [-0.25, -0.2) is 9.37 Å².